The lowest BCUT2D eigenvalue weighted by Gasteiger charge is -2.16. The smallest absolute Gasteiger partial charge is 0.324 e. The number of nitrogens with zero attached hydrogens (tertiary/aromatic N) is 4. The Hall–Kier alpha value is -1.15. The first-order valence-electron chi connectivity index (χ1n) is 7.11. The van der Waals surface area contributed by atoms with Crippen molar-refractivity contribution < 1.29 is 9.53 Å². The number of hydrogen-bond donors (Lipinski definition) is 1. The lowest BCUT2D eigenvalue weighted by Crippen LogP contribution is -2.41. The van der Waals surface area contributed by atoms with Crippen LogP contribution in [0.1, 0.15) is 38.6 Å². The highest BCUT2D eigenvalue weighted by atomic mass is 32.2. The minimum absolute atomic E-state index is 0.183. The van der Waals surface area contributed by atoms with E-state index in [4.69, 9.17) is 4.74 Å². The van der Waals surface area contributed by atoms with Gasteiger partial charge < -0.3 is 10.1 Å². The van der Waals surface area contributed by atoms with Crippen LogP contribution < -0.4 is 5.32 Å². The van der Waals surface area contributed by atoms with E-state index in [1.165, 1.54) is 11.8 Å². The predicted molar refractivity (Wildman–Crippen MR) is 73.4 cm³/mol. The van der Waals surface area contributed by atoms with Crippen LogP contribution in [0.25, 0.3) is 0 Å². The van der Waals surface area contributed by atoms with Gasteiger partial charge in [-0.25, -0.2) is 4.68 Å². The van der Waals surface area contributed by atoms with Gasteiger partial charge in [-0.15, -0.1) is 5.10 Å². The molecule has 2 saturated carbocycles. The number of thioether (sulfide) groups is 1. The van der Waals surface area contributed by atoms with E-state index < -0.39 is 0 Å². The van der Waals surface area contributed by atoms with Gasteiger partial charge >= 0.3 is 5.97 Å². The van der Waals surface area contributed by atoms with Crippen LogP contribution in [-0.4, -0.2) is 50.6 Å². The zero-order valence-corrected chi connectivity index (χ0v) is 12.3. The molecule has 0 spiro atoms. The molecule has 0 saturated heterocycles. The molecule has 2 aliphatic rings. The molecule has 3 rings (SSSR count). The minimum atomic E-state index is -0.281. The molecule has 20 heavy (non-hydrogen) atoms. The Bertz CT molecular complexity index is 472. The van der Waals surface area contributed by atoms with Gasteiger partial charge in [0.05, 0.1) is 12.6 Å². The van der Waals surface area contributed by atoms with Crippen LogP contribution in [0.5, 0.6) is 0 Å². The number of ether oxygens (including phenoxy) is 1. The fourth-order valence-electron chi connectivity index (χ4n) is 1.95. The van der Waals surface area contributed by atoms with Crippen molar-refractivity contribution in [2.75, 3.05) is 12.4 Å². The number of rotatable bonds is 8. The maximum atomic E-state index is 11.9. The molecule has 110 valence electrons. The van der Waals surface area contributed by atoms with Crippen molar-refractivity contribution >= 4 is 17.7 Å². The third kappa shape index (κ3) is 3.49. The molecule has 7 nitrogen and oxygen atoms in total. The van der Waals surface area contributed by atoms with Gasteiger partial charge in [0.25, 0.3) is 0 Å². The Balaban J connectivity index is 1.57. The van der Waals surface area contributed by atoms with E-state index in [0.717, 1.165) is 30.8 Å². The Morgan fingerprint density at radius 3 is 2.95 bits per heavy atom. The number of tetrazole rings is 1. The van der Waals surface area contributed by atoms with E-state index in [9.17, 15) is 4.79 Å². The molecule has 1 aromatic rings. The standard InChI is InChI=1S/C12H19N5O2S/c1-2-19-11(18)10(13-8-3-4-8)7-20-12-14-15-16-17(12)9-5-6-9/h8-10,13H,2-7H2,1H3. The average Bonchev–Trinajstić information content (AvgIpc) is 3.36. The van der Waals surface area contributed by atoms with Crippen LogP contribution in [0.2, 0.25) is 0 Å². The molecule has 1 N–H and O–H groups in total. The molecule has 2 fully saturated rings. The van der Waals surface area contributed by atoms with Crippen molar-refractivity contribution in [3.8, 4) is 0 Å². The maximum absolute atomic E-state index is 11.9. The number of carbonyl (C=O) groups is 1. The van der Waals surface area contributed by atoms with Gasteiger partial charge in [0, 0.05) is 11.8 Å². The zero-order chi connectivity index (χ0) is 13.9. The lowest BCUT2D eigenvalue weighted by molar-refractivity contribution is -0.145. The van der Waals surface area contributed by atoms with Crippen molar-refractivity contribution in [1.82, 2.24) is 25.5 Å². The van der Waals surface area contributed by atoms with E-state index in [2.05, 4.69) is 20.8 Å². The van der Waals surface area contributed by atoms with Crippen LogP contribution >= 0.6 is 11.8 Å². The van der Waals surface area contributed by atoms with Gasteiger partial charge in [0.15, 0.2) is 0 Å². The molecule has 1 unspecified atom stereocenters. The summed E-state index contributed by atoms with van der Waals surface area (Å²) in [7, 11) is 0. The van der Waals surface area contributed by atoms with Crippen LogP contribution in [0, 0.1) is 0 Å². The summed E-state index contributed by atoms with van der Waals surface area (Å²) < 4.78 is 6.98. The molecule has 0 aliphatic heterocycles. The SMILES string of the molecule is CCOC(=O)C(CSc1nnnn1C1CC1)NC1CC1. The largest absolute Gasteiger partial charge is 0.465 e. The third-order valence-corrected chi connectivity index (χ3v) is 4.35. The summed E-state index contributed by atoms with van der Waals surface area (Å²) in [6.07, 6.45) is 4.56. The Labute approximate surface area is 121 Å². The van der Waals surface area contributed by atoms with Crippen molar-refractivity contribution in [3.63, 3.8) is 0 Å². The third-order valence-electron chi connectivity index (χ3n) is 3.32. The molecule has 1 aromatic heterocycles. The Morgan fingerprint density at radius 2 is 2.30 bits per heavy atom. The molecule has 1 heterocycles. The predicted octanol–water partition coefficient (Wildman–Crippen LogP) is 0.784. The molecule has 1 atom stereocenters. The van der Waals surface area contributed by atoms with Crippen molar-refractivity contribution in [1.29, 1.82) is 0 Å². The number of esters is 1. The quantitative estimate of drug-likeness (QED) is 0.561. The molecule has 0 radical (unpaired) electrons. The monoisotopic (exact) mass is 297 g/mol. The molecular formula is C12H19N5O2S. The lowest BCUT2D eigenvalue weighted by atomic mass is 10.3. The van der Waals surface area contributed by atoms with Crippen molar-refractivity contribution in [2.24, 2.45) is 0 Å². The molecule has 8 heteroatoms. The molecule has 0 amide bonds. The molecule has 2 aliphatic carbocycles. The average molecular weight is 297 g/mol. The van der Waals surface area contributed by atoms with Gasteiger partial charge in [-0.2, -0.15) is 0 Å². The van der Waals surface area contributed by atoms with Crippen LogP contribution in [-0.2, 0) is 9.53 Å². The van der Waals surface area contributed by atoms with E-state index in [-0.39, 0.29) is 12.0 Å². The number of hydrogen-bond acceptors (Lipinski definition) is 7. The summed E-state index contributed by atoms with van der Waals surface area (Å²) >= 11 is 1.52. The summed E-state index contributed by atoms with van der Waals surface area (Å²) in [6, 6.07) is 0.631. The van der Waals surface area contributed by atoms with E-state index in [1.807, 2.05) is 11.6 Å². The summed E-state index contributed by atoms with van der Waals surface area (Å²) in [5, 5.41) is 15.9. The maximum Gasteiger partial charge on any atom is 0.324 e. The van der Waals surface area contributed by atoms with E-state index >= 15 is 0 Å². The molecule has 0 aromatic carbocycles. The second kappa shape index (κ2) is 6.09. The van der Waals surface area contributed by atoms with E-state index in [0.29, 0.717) is 24.4 Å². The van der Waals surface area contributed by atoms with Crippen molar-refractivity contribution in [2.45, 2.75) is 55.9 Å². The number of aromatic nitrogens is 4. The molecule has 0 bridgehead atoms. The van der Waals surface area contributed by atoms with Crippen LogP contribution in [0.15, 0.2) is 5.16 Å². The Morgan fingerprint density at radius 1 is 1.50 bits per heavy atom. The number of nitrogens with one attached hydrogen (secondary N) is 1. The highest BCUT2D eigenvalue weighted by Gasteiger charge is 2.31. The van der Waals surface area contributed by atoms with Gasteiger partial charge in [-0.3, -0.25) is 4.79 Å². The van der Waals surface area contributed by atoms with Gasteiger partial charge in [-0.05, 0) is 43.0 Å². The fourth-order valence-corrected chi connectivity index (χ4v) is 2.91. The van der Waals surface area contributed by atoms with Gasteiger partial charge in [0.1, 0.15) is 6.04 Å². The highest BCUT2D eigenvalue weighted by molar-refractivity contribution is 7.99. The summed E-state index contributed by atoms with van der Waals surface area (Å²) in [5.74, 6) is 0.417. The second-order valence-corrected chi connectivity index (χ2v) is 6.18. The second-order valence-electron chi connectivity index (χ2n) is 5.19. The normalized spacial score (nSPS) is 19.9. The highest BCUT2D eigenvalue weighted by Crippen LogP contribution is 2.36. The summed E-state index contributed by atoms with van der Waals surface area (Å²) in [6.45, 7) is 2.24. The van der Waals surface area contributed by atoms with Gasteiger partial charge in [-0.1, -0.05) is 11.8 Å². The first-order chi connectivity index (χ1) is 9.78. The van der Waals surface area contributed by atoms with Gasteiger partial charge in [0.2, 0.25) is 5.16 Å². The first kappa shape index (κ1) is 13.8. The zero-order valence-electron chi connectivity index (χ0n) is 11.5. The first-order valence-corrected chi connectivity index (χ1v) is 8.10. The molecular weight excluding hydrogens is 278 g/mol. The van der Waals surface area contributed by atoms with Crippen molar-refractivity contribution in [3.05, 3.63) is 0 Å². The fraction of sp³-hybridized carbons (Fsp3) is 0.833. The number of carbonyl (C=O) groups excluding carboxylic acids is 1. The summed E-state index contributed by atoms with van der Waals surface area (Å²) in [4.78, 5) is 11.9. The summed E-state index contributed by atoms with van der Waals surface area (Å²) in [5.41, 5.74) is 0. The van der Waals surface area contributed by atoms with Crippen LogP contribution in [0.3, 0.4) is 0 Å². The Kier molecular flexibility index (Phi) is 4.21. The van der Waals surface area contributed by atoms with Crippen LogP contribution in [0.4, 0.5) is 0 Å². The van der Waals surface area contributed by atoms with E-state index in [1.54, 1.807) is 0 Å². The topological polar surface area (TPSA) is 81.9 Å². The minimum Gasteiger partial charge on any atom is -0.465 e.